The number of aryl methyl sites for hydroxylation is 1. The normalized spacial score (nSPS) is 20.9. The number of carbonyl (C=O) groups is 1. The highest BCUT2D eigenvalue weighted by molar-refractivity contribution is 5.85. The van der Waals surface area contributed by atoms with Crippen molar-refractivity contribution in [3.05, 3.63) is 35.6 Å². The number of rotatable bonds is 6. The van der Waals surface area contributed by atoms with Crippen LogP contribution in [0.5, 0.6) is 0 Å². The summed E-state index contributed by atoms with van der Waals surface area (Å²) >= 11 is 0. The Hall–Kier alpha value is -1.33. The molecule has 2 amide bonds. The maximum absolute atomic E-state index is 12.9. The van der Waals surface area contributed by atoms with Gasteiger partial charge in [-0.1, -0.05) is 12.1 Å². The zero-order chi connectivity index (χ0) is 17.5. The van der Waals surface area contributed by atoms with Gasteiger partial charge in [0.25, 0.3) is 0 Å². The molecule has 1 aliphatic rings. The molecular formula is C19H31ClFN3O. The second-order valence-corrected chi connectivity index (χ2v) is 6.76. The van der Waals surface area contributed by atoms with Gasteiger partial charge in [0.15, 0.2) is 0 Å². The third-order valence-electron chi connectivity index (χ3n) is 4.76. The number of nitrogens with one attached hydrogen (secondary N) is 1. The Kier molecular flexibility index (Phi) is 9.22. The Morgan fingerprint density at radius 3 is 2.32 bits per heavy atom. The van der Waals surface area contributed by atoms with Crippen molar-refractivity contribution in [2.45, 2.75) is 52.1 Å². The molecule has 1 fully saturated rings. The van der Waals surface area contributed by atoms with Crippen molar-refractivity contribution in [3.8, 4) is 0 Å². The SMILES string of the molecule is CCNC(=O)N1C[C@@H](C)N(CCCCc2ccc(F)cc2)[C@@H](C)C1.Cl. The summed E-state index contributed by atoms with van der Waals surface area (Å²) in [5.41, 5.74) is 1.19. The number of benzene rings is 1. The van der Waals surface area contributed by atoms with Crippen molar-refractivity contribution in [3.63, 3.8) is 0 Å². The van der Waals surface area contributed by atoms with E-state index in [0.717, 1.165) is 38.9 Å². The summed E-state index contributed by atoms with van der Waals surface area (Å²) in [6.45, 7) is 9.63. The van der Waals surface area contributed by atoms with Gasteiger partial charge in [-0.05, 0) is 64.3 Å². The summed E-state index contributed by atoms with van der Waals surface area (Å²) in [5, 5.41) is 2.89. The van der Waals surface area contributed by atoms with Crippen LogP contribution in [0.4, 0.5) is 9.18 Å². The van der Waals surface area contributed by atoms with Crippen molar-refractivity contribution in [1.82, 2.24) is 15.1 Å². The number of hydrogen-bond acceptors (Lipinski definition) is 2. The molecule has 4 nitrogen and oxygen atoms in total. The molecule has 0 spiro atoms. The van der Waals surface area contributed by atoms with E-state index in [-0.39, 0.29) is 24.3 Å². The smallest absolute Gasteiger partial charge is 0.317 e. The fraction of sp³-hybridized carbons (Fsp3) is 0.632. The minimum Gasteiger partial charge on any atom is -0.338 e. The van der Waals surface area contributed by atoms with Crippen LogP contribution in [0, 0.1) is 5.82 Å². The predicted octanol–water partition coefficient (Wildman–Crippen LogP) is 3.69. The fourth-order valence-corrected chi connectivity index (χ4v) is 3.50. The quantitative estimate of drug-likeness (QED) is 0.774. The summed E-state index contributed by atoms with van der Waals surface area (Å²) in [7, 11) is 0. The molecule has 1 aromatic rings. The van der Waals surface area contributed by atoms with Gasteiger partial charge in [0, 0.05) is 31.7 Å². The molecule has 25 heavy (non-hydrogen) atoms. The standard InChI is InChI=1S/C19H30FN3O.ClH/c1-4-21-19(24)22-13-15(2)23(16(3)14-22)12-6-5-7-17-8-10-18(20)11-9-17;/h8-11,15-16H,4-7,12-14H2,1-3H3,(H,21,24);1H/t15-,16+;. The Balaban J connectivity index is 0.00000312. The Morgan fingerprint density at radius 2 is 1.76 bits per heavy atom. The van der Waals surface area contributed by atoms with E-state index in [1.54, 1.807) is 0 Å². The summed E-state index contributed by atoms with van der Waals surface area (Å²) < 4.78 is 12.9. The molecule has 6 heteroatoms. The van der Waals surface area contributed by atoms with Crippen molar-refractivity contribution in [2.24, 2.45) is 0 Å². The Morgan fingerprint density at radius 1 is 1.16 bits per heavy atom. The van der Waals surface area contributed by atoms with Gasteiger partial charge in [0.2, 0.25) is 0 Å². The lowest BCUT2D eigenvalue weighted by molar-refractivity contribution is 0.0543. The number of urea groups is 1. The first-order valence-corrected chi connectivity index (χ1v) is 9.04. The Labute approximate surface area is 157 Å². The Bertz CT molecular complexity index is 514. The van der Waals surface area contributed by atoms with Crippen LogP contribution in [0.3, 0.4) is 0 Å². The summed E-state index contributed by atoms with van der Waals surface area (Å²) in [4.78, 5) is 16.4. The van der Waals surface area contributed by atoms with Gasteiger partial charge in [-0.2, -0.15) is 0 Å². The minimum absolute atomic E-state index is 0. The van der Waals surface area contributed by atoms with E-state index < -0.39 is 0 Å². The minimum atomic E-state index is -0.175. The van der Waals surface area contributed by atoms with Gasteiger partial charge in [-0.15, -0.1) is 12.4 Å². The van der Waals surface area contributed by atoms with Crippen molar-refractivity contribution in [1.29, 1.82) is 0 Å². The molecule has 0 radical (unpaired) electrons. The average molecular weight is 372 g/mol. The number of amides is 2. The first-order valence-electron chi connectivity index (χ1n) is 9.04. The lowest BCUT2D eigenvalue weighted by atomic mass is 10.1. The van der Waals surface area contributed by atoms with Gasteiger partial charge in [-0.3, -0.25) is 4.90 Å². The predicted molar refractivity (Wildman–Crippen MR) is 103 cm³/mol. The molecular weight excluding hydrogens is 341 g/mol. The number of carbonyl (C=O) groups excluding carboxylic acids is 1. The average Bonchev–Trinajstić information content (AvgIpc) is 2.55. The van der Waals surface area contributed by atoms with Gasteiger partial charge in [0.1, 0.15) is 5.82 Å². The van der Waals surface area contributed by atoms with E-state index in [9.17, 15) is 9.18 Å². The topological polar surface area (TPSA) is 35.6 Å². The van der Waals surface area contributed by atoms with Crippen LogP contribution in [-0.4, -0.2) is 54.1 Å². The van der Waals surface area contributed by atoms with Gasteiger partial charge in [-0.25, -0.2) is 9.18 Å². The molecule has 1 aliphatic heterocycles. The number of unbranched alkanes of at least 4 members (excludes halogenated alkanes) is 1. The summed E-state index contributed by atoms with van der Waals surface area (Å²) in [6, 6.07) is 7.59. The molecule has 0 unspecified atom stereocenters. The highest BCUT2D eigenvalue weighted by Gasteiger charge is 2.31. The van der Waals surface area contributed by atoms with Crippen LogP contribution >= 0.6 is 12.4 Å². The lowest BCUT2D eigenvalue weighted by Crippen LogP contribution is -2.59. The van der Waals surface area contributed by atoms with Gasteiger partial charge in [0.05, 0.1) is 0 Å². The fourth-order valence-electron chi connectivity index (χ4n) is 3.50. The maximum atomic E-state index is 12.9. The molecule has 1 aromatic carbocycles. The van der Waals surface area contributed by atoms with Crippen molar-refractivity contribution in [2.75, 3.05) is 26.2 Å². The van der Waals surface area contributed by atoms with Crippen LogP contribution in [0.2, 0.25) is 0 Å². The van der Waals surface area contributed by atoms with E-state index in [1.807, 2.05) is 24.0 Å². The zero-order valence-electron chi connectivity index (χ0n) is 15.5. The van der Waals surface area contributed by atoms with E-state index >= 15 is 0 Å². The third-order valence-corrected chi connectivity index (χ3v) is 4.76. The number of piperazine rings is 1. The monoisotopic (exact) mass is 371 g/mol. The summed E-state index contributed by atoms with van der Waals surface area (Å²) in [5.74, 6) is -0.175. The second kappa shape index (κ2) is 10.6. The molecule has 0 aliphatic carbocycles. The summed E-state index contributed by atoms with van der Waals surface area (Å²) in [6.07, 6.45) is 3.21. The van der Waals surface area contributed by atoms with Gasteiger partial charge < -0.3 is 10.2 Å². The van der Waals surface area contributed by atoms with E-state index in [2.05, 4.69) is 24.1 Å². The molecule has 2 rings (SSSR count). The molecule has 1 N–H and O–H groups in total. The largest absolute Gasteiger partial charge is 0.338 e. The molecule has 0 saturated carbocycles. The molecule has 0 aromatic heterocycles. The van der Waals surface area contributed by atoms with Crippen LogP contribution < -0.4 is 5.32 Å². The van der Waals surface area contributed by atoms with E-state index in [4.69, 9.17) is 0 Å². The first-order chi connectivity index (χ1) is 11.5. The van der Waals surface area contributed by atoms with Gasteiger partial charge >= 0.3 is 6.03 Å². The third kappa shape index (κ3) is 6.48. The number of hydrogen-bond donors (Lipinski definition) is 1. The van der Waals surface area contributed by atoms with E-state index in [1.165, 1.54) is 17.7 Å². The van der Waals surface area contributed by atoms with E-state index in [0.29, 0.717) is 18.6 Å². The number of halogens is 2. The van der Waals surface area contributed by atoms with Crippen LogP contribution in [0.25, 0.3) is 0 Å². The number of nitrogens with zero attached hydrogens (tertiary/aromatic N) is 2. The molecule has 1 saturated heterocycles. The molecule has 1 heterocycles. The maximum Gasteiger partial charge on any atom is 0.317 e. The lowest BCUT2D eigenvalue weighted by Gasteiger charge is -2.44. The van der Waals surface area contributed by atoms with Crippen LogP contribution in [-0.2, 0) is 6.42 Å². The van der Waals surface area contributed by atoms with Crippen molar-refractivity contribution >= 4 is 18.4 Å². The van der Waals surface area contributed by atoms with Crippen molar-refractivity contribution < 1.29 is 9.18 Å². The first kappa shape index (κ1) is 21.7. The highest BCUT2D eigenvalue weighted by atomic mass is 35.5. The van der Waals surface area contributed by atoms with Crippen LogP contribution in [0.15, 0.2) is 24.3 Å². The molecule has 2 atom stereocenters. The molecule has 142 valence electrons. The highest BCUT2D eigenvalue weighted by Crippen LogP contribution is 2.17. The molecule has 0 bridgehead atoms. The second-order valence-electron chi connectivity index (χ2n) is 6.76. The zero-order valence-corrected chi connectivity index (χ0v) is 16.3. The van der Waals surface area contributed by atoms with Crippen LogP contribution in [0.1, 0.15) is 39.2 Å².